The third-order valence-electron chi connectivity index (χ3n) is 4.49. The predicted octanol–water partition coefficient (Wildman–Crippen LogP) is 5.68. The second kappa shape index (κ2) is 8.59. The van der Waals surface area contributed by atoms with Gasteiger partial charge in [-0.25, -0.2) is 0 Å². The highest BCUT2D eigenvalue weighted by molar-refractivity contribution is 14.1. The summed E-state index contributed by atoms with van der Waals surface area (Å²) in [4.78, 5) is 4.44. The highest BCUT2D eigenvalue weighted by Gasteiger charge is 2.36. The second-order valence-electron chi connectivity index (χ2n) is 6.47. The number of benzene rings is 2. The molecular formula is C22H21ClINO2. The van der Waals surface area contributed by atoms with Crippen molar-refractivity contribution in [3.05, 3.63) is 94.3 Å². The van der Waals surface area contributed by atoms with E-state index in [9.17, 15) is 5.11 Å². The van der Waals surface area contributed by atoms with Crippen LogP contribution < -0.4 is 4.74 Å². The molecule has 0 amide bonds. The molecule has 0 aliphatic rings. The minimum absolute atomic E-state index is 0.0421. The van der Waals surface area contributed by atoms with Crippen molar-refractivity contribution in [1.29, 1.82) is 0 Å². The van der Waals surface area contributed by atoms with Crippen LogP contribution in [0.2, 0.25) is 5.02 Å². The molecule has 0 bridgehead atoms. The van der Waals surface area contributed by atoms with Gasteiger partial charge in [0.1, 0.15) is 18.0 Å². The molecule has 3 nitrogen and oxygen atoms in total. The number of alkyl halides is 1. The van der Waals surface area contributed by atoms with Crippen LogP contribution >= 0.6 is 34.2 Å². The first-order chi connectivity index (χ1) is 12.9. The summed E-state index contributed by atoms with van der Waals surface area (Å²) in [7, 11) is 0. The number of hydrogen-bond acceptors (Lipinski definition) is 3. The summed E-state index contributed by atoms with van der Waals surface area (Å²) >= 11 is 8.25. The van der Waals surface area contributed by atoms with Gasteiger partial charge in [-0.05, 0) is 61.4 Å². The Morgan fingerprint density at radius 3 is 2.19 bits per heavy atom. The first kappa shape index (κ1) is 20.1. The molecule has 0 saturated heterocycles. The Morgan fingerprint density at radius 1 is 1.04 bits per heavy atom. The molecule has 1 aromatic heterocycles. The Labute approximate surface area is 178 Å². The standard InChI is InChI=1S/C22H21ClINO2/c1-15-4-3-5-20(25-15)14-27-21-12-8-18(9-13-21)22(26,16(2)24)17-6-10-19(23)11-7-17/h3-13,16,26H,14H2,1-2H3. The number of aliphatic hydroxyl groups is 1. The first-order valence-corrected chi connectivity index (χ1v) is 10.3. The molecule has 2 unspecified atom stereocenters. The highest BCUT2D eigenvalue weighted by atomic mass is 127. The lowest BCUT2D eigenvalue weighted by molar-refractivity contribution is 0.0872. The van der Waals surface area contributed by atoms with Gasteiger partial charge >= 0.3 is 0 Å². The lowest BCUT2D eigenvalue weighted by atomic mass is 9.84. The summed E-state index contributed by atoms with van der Waals surface area (Å²) in [5, 5.41) is 12.1. The molecule has 3 aromatic rings. The Morgan fingerprint density at radius 2 is 1.63 bits per heavy atom. The van der Waals surface area contributed by atoms with E-state index in [1.54, 1.807) is 12.1 Å². The quantitative estimate of drug-likeness (QED) is 0.355. The molecule has 2 aromatic carbocycles. The van der Waals surface area contributed by atoms with Crippen molar-refractivity contribution in [3.63, 3.8) is 0 Å². The fourth-order valence-corrected chi connectivity index (χ4v) is 3.82. The van der Waals surface area contributed by atoms with E-state index in [4.69, 9.17) is 16.3 Å². The van der Waals surface area contributed by atoms with Gasteiger partial charge in [-0.3, -0.25) is 4.98 Å². The van der Waals surface area contributed by atoms with Gasteiger partial charge in [0, 0.05) is 14.6 Å². The number of hydrogen-bond donors (Lipinski definition) is 1. The smallest absolute Gasteiger partial charge is 0.130 e. The summed E-state index contributed by atoms with van der Waals surface area (Å²) in [6, 6.07) is 20.8. The van der Waals surface area contributed by atoms with Gasteiger partial charge in [-0.2, -0.15) is 0 Å². The minimum Gasteiger partial charge on any atom is -0.487 e. The number of aromatic nitrogens is 1. The van der Waals surface area contributed by atoms with E-state index < -0.39 is 5.60 Å². The lowest BCUT2D eigenvalue weighted by Crippen LogP contribution is -2.35. The van der Waals surface area contributed by atoms with Crippen molar-refractivity contribution in [2.45, 2.75) is 30.0 Å². The fraction of sp³-hybridized carbons (Fsp3) is 0.227. The van der Waals surface area contributed by atoms with Gasteiger partial charge in [0.2, 0.25) is 0 Å². The van der Waals surface area contributed by atoms with Crippen molar-refractivity contribution in [2.75, 3.05) is 0 Å². The zero-order valence-electron chi connectivity index (χ0n) is 15.2. The topological polar surface area (TPSA) is 42.4 Å². The van der Waals surface area contributed by atoms with E-state index in [0.29, 0.717) is 11.6 Å². The molecule has 0 aliphatic heterocycles. The van der Waals surface area contributed by atoms with E-state index in [1.165, 1.54) is 0 Å². The normalized spacial score (nSPS) is 14.4. The maximum Gasteiger partial charge on any atom is 0.130 e. The number of nitrogens with zero attached hydrogens (tertiary/aromatic N) is 1. The third kappa shape index (κ3) is 4.62. The summed E-state index contributed by atoms with van der Waals surface area (Å²) in [6.45, 7) is 4.36. The molecule has 3 rings (SSSR count). The Hall–Kier alpha value is -1.63. The zero-order chi connectivity index (χ0) is 19.4. The van der Waals surface area contributed by atoms with Crippen molar-refractivity contribution in [2.24, 2.45) is 0 Å². The van der Waals surface area contributed by atoms with Gasteiger partial charge in [0.15, 0.2) is 0 Å². The van der Waals surface area contributed by atoms with Crippen LogP contribution in [0.25, 0.3) is 0 Å². The van der Waals surface area contributed by atoms with E-state index in [1.807, 2.05) is 68.4 Å². The van der Waals surface area contributed by atoms with Crippen molar-refractivity contribution in [3.8, 4) is 5.75 Å². The van der Waals surface area contributed by atoms with E-state index in [0.717, 1.165) is 28.3 Å². The van der Waals surface area contributed by atoms with Crippen LogP contribution in [0.15, 0.2) is 66.7 Å². The maximum atomic E-state index is 11.5. The largest absolute Gasteiger partial charge is 0.487 e. The Kier molecular flexibility index (Phi) is 6.40. The molecule has 1 heterocycles. The summed E-state index contributed by atoms with van der Waals surface area (Å²) in [6.07, 6.45) is 0. The molecule has 0 radical (unpaired) electrons. The lowest BCUT2D eigenvalue weighted by Gasteiger charge is -2.32. The van der Waals surface area contributed by atoms with Gasteiger partial charge < -0.3 is 9.84 Å². The molecule has 0 saturated carbocycles. The molecule has 140 valence electrons. The summed E-state index contributed by atoms with van der Waals surface area (Å²) in [5.41, 5.74) is 2.37. The predicted molar refractivity (Wildman–Crippen MR) is 118 cm³/mol. The number of aryl methyl sites for hydroxylation is 1. The average molecular weight is 494 g/mol. The van der Waals surface area contributed by atoms with Crippen molar-refractivity contribution in [1.82, 2.24) is 4.98 Å². The molecule has 5 heteroatoms. The monoisotopic (exact) mass is 493 g/mol. The zero-order valence-corrected chi connectivity index (χ0v) is 18.1. The average Bonchev–Trinajstić information content (AvgIpc) is 2.66. The Bertz CT molecular complexity index is 897. The molecule has 2 atom stereocenters. The highest BCUT2D eigenvalue weighted by Crippen LogP contribution is 2.38. The summed E-state index contributed by atoms with van der Waals surface area (Å²) < 4.78 is 5.79. The number of rotatable bonds is 6. The molecule has 1 N–H and O–H groups in total. The van der Waals surface area contributed by atoms with Crippen molar-refractivity contribution >= 4 is 34.2 Å². The molecule has 27 heavy (non-hydrogen) atoms. The third-order valence-corrected chi connectivity index (χ3v) is 5.64. The molecular weight excluding hydrogens is 473 g/mol. The first-order valence-electron chi connectivity index (χ1n) is 8.68. The Balaban J connectivity index is 1.80. The van der Waals surface area contributed by atoms with E-state index >= 15 is 0 Å². The number of ether oxygens (including phenoxy) is 1. The van der Waals surface area contributed by atoms with Gasteiger partial charge in [-0.15, -0.1) is 0 Å². The van der Waals surface area contributed by atoms with Gasteiger partial charge in [0.25, 0.3) is 0 Å². The SMILES string of the molecule is Cc1cccc(COc2ccc(C(O)(c3ccc(Cl)cc3)C(C)I)cc2)n1. The van der Waals surface area contributed by atoms with Gasteiger partial charge in [0.05, 0.1) is 5.69 Å². The minimum atomic E-state index is -1.11. The molecule has 0 fully saturated rings. The number of pyridine rings is 1. The van der Waals surface area contributed by atoms with Crippen LogP contribution in [0.1, 0.15) is 29.4 Å². The van der Waals surface area contributed by atoms with Crippen LogP contribution in [0.5, 0.6) is 5.75 Å². The van der Waals surface area contributed by atoms with Crippen LogP contribution in [-0.2, 0) is 12.2 Å². The maximum absolute atomic E-state index is 11.5. The fourth-order valence-electron chi connectivity index (χ4n) is 2.97. The van der Waals surface area contributed by atoms with Crippen LogP contribution in [0.3, 0.4) is 0 Å². The summed E-state index contributed by atoms with van der Waals surface area (Å²) in [5.74, 6) is 0.738. The second-order valence-corrected chi connectivity index (χ2v) is 8.78. The van der Waals surface area contributed by atoms with Crippen LogP contribution in [-0.4, -0.2) is 14.0 Å². The van der Waals surface area contributed by atoms with Crippen molar-refractivity contribution < 1.29 is 9.84 Å². The number of halogens is 2. The van der Waals surface area contributed by atoms with E-state index in [-0.39, 0.29) is 3.92 Å². The molecule has 0 spiro atoms. The van der Waals surface area contributed by atoms with E-state index in [2.05, 4.69) is 27.6 Å². The molecule has 0 aliphatic carbocycles. The van der Waals surface area contributed by atoms with Crippen LogP contribution in [0, 0.1) is 6.92 Å². The van der Waals surface area contributed by atoms with Crippen LogP contribution in [0.4, 0.5) is 0 Å². The van der Waals surface area contributed by atoms with Gasteiger partial charge in [-0.1, -0.05) is 64.5 Å².